The van der Waals surface area contributed by atoms with Gasteiger partial charge in [0.05, 0.1) is 18.2 Å². The fourth-order valence-corrected chi connectivity index (χ4v) is 1.84. The van der Waals surface area contributed by atoms with Crippen LogP contribution in [-0.4, -0.2) is 24.7 Å². The molecule has 7 heteroatoms. The molecule has 0 saturated carbocycles. The van der Waals surface area contributed by atoms with Crippen LogP contribution >= 0.6 is 0 Å². The zero-order chi connectivity index (χ0) is 13.2. The van der Waals surface area contributed by atoms with Gasteiger partial charge in [-0.2, -0.15) is 4.98 Å². The molecule has 0 radical (unpaired) electrons. The average molecular weight is 256 g/mol. The number of aryl methyl sites for hydroxylation is 1. The van der Waals surface area contributed by atoms with Crippen molar-refractivity contribution in [3.63, 3.8) is 0 Å². The predicted molar refractivity (Wildman–Crippen MR) is 68.0 cm³/mol. The smallest absolute Gasteiger partial charge is 0.246 e. The summed E-state index contributed by atoms with van der Waals surface area (Å²) in [6.07, 6.45) is 5.14. The molecule has 19 heavy (non-hydrogen) atoms. The molecule has 0 saturated heterocycles. The number of hydrogen-bond donors (Lipinski definition) is 1. The molecule has 0 fully saturated rings. The third kappa shape index (κ3) is 2.30. The number of hydrogen-bond acceptors (Lipinski definition) is 6. The molecular formula is C12H12N6O. The Labute approximate surface area is 109 Å². The molecule has 0 bridgehead atoms. The van der Waals surface area contributed by atoms with E-state index in [4.69, 9.17) is 10.3 Å². The normalized spacial score (nSPS) is 10.8. The molecule has 7 nitrogen and oxygen atoms in total. The van der Waals surface area contributed by atoms with E-state index in [9.17, 15) is 0 Å². The molecule has 3 heterocycles. The van der Waals surface area contributed by atoms with Gasteiger partial charge in [-0.3, -0.25) is 0 Å². The Morgan fingerprint density at radius 2 is 2.32 bits per heavy atom. The van der Waals surface area contributed by atoms with Gasteiger partial charge in [-0.15, -0.1) is 0 Å². The van der Waals surface area contributed by atoms with Gasteiger partial charge in [-0.1, -0.05) is 5.16 Å². The van der Waals surface area contributed by atoms with Crippen molar-refractivity contribution in [1.29, 1.82) is 0 Å². The second-order valence-corrected chi connectivity index (χ2v) is 4.11. The summed E-state index contributed by atoms with van der Waals surface area (Å²) in [6.45, 7) is 2.25. The van der Waals surface area contributed by atoms with Crippen molar-refractivity contribution in [3.8, 4) is 11.3 Å². The summed E-state index contributed by atoms with van der Waals surface area (Å²) < 4.78 is 7.02. The fraction of sp³-hybridized carbons (Fsp3) is 0.167. The van der Waals surface area contributed by atoms with Crippen molar-refractivity contribution in [1.82, 2.24) is 24.7 Å². The molecular weight excluding hydrogens is 244 g/mol. The van der Waals surface area contributed by atoms with E-state index in [1.165, 1.54) is 0 Å². The van der Waals surface area contributed by atoms with Gasteiger partial charge in [0.2, 0.25) is 5.89 Å². The van der Waals surface area contributed by atoms with Crippen LogP contribution in [0.15, 0.2) is 35.4 Å². The summed E-state index contributed by atoms with van der Waals surface area (Å²) in [5.74, 6) is 1.63. The Bertz CT molecular complexity index is 702. The van der Waals surface area contributed by atoms with E-state index in [2.05, 4.69) is 20.1 Å². The van der Waals surface area contributed by atoms with Gasteiger partial charge < -0.3 is 14.8 Å². The van der Waals surface area contributed by atoms with Crippen LogP contribution in [0.4, 0.5) is 5.82 Å². The van der Waals surface area contributed by atoms with Crippen LogP contribution in [0.3, 0.4) is 0 Å². The molecule has 0 aliphatic carbocycles. The Morgan fingerprint density at radius 1 is 1.42 bits per heavy atom. The van der Waals surface area contributed by atoms with Crippen molar-refractivity contribution < 1.29 is 4.52 Å². The van der Waals surface area contributed by atoms with Gasteiger partial charge in [0.15, 0.2) is 5.82 Å². The number of nitrogens with two attached hydrogens (primary N) is 1. The second kappa shape index (κ2) is 4.52. The lowest BCUT2D eigenvalue weighted by Crippen LogP contribution is -2.01. The first kappa shape index (κ1) is 11.4. The highest BCUT2D eigenvalue weighted by molar-refractivity contribution is 5.61. The van der Waals surface area contributed by atoms with Crippen LogP contribution in [0.25, 0.3) is 11.3 Å². The van der Waals surface area contributed by atoms with Crippen molar-refractivity contribution in [3.05, 3.63) is 42.6 Å². The number of pyridine rings is 1. The molecule has 3 rings (SSSR count). The fourth-order valence-electron chi connectivity index (χ4n) is 1.84. The van der Waals surface area contributed by atoms with Crippen molar-refractivity contribution in [2.45, 2.75) is 13.5 Å². The Balaban J connectivity index is 1.94. The van der Waals surface area contributed by atoms with Crippen molar-refractivity contribution in [2.75, 3.05) is 5.73 Å². The van der Waals surface area contributed by atoms with Crippen LogP contribution in [0.2, 0.25) is 0 Å². The van der Waals surface area contributed by atoms with E-state index in [0.717, 1.165) is 11.3 Å². The first-order valence-electron chi connectivity index (χ1n) is 5.73. The molecule has 0 unspecified atom stereocenters. The largest absolute Gasteiger partial charge is 0.384 e. The number of aromatic nitrogens is 5. The van der Waals surface area contributed by atoms with E-state index >= 15 is 0 Å². The van der Waals surface area contributed by atoms with E-state index < -0.39 is 0 Å². The summed E-state index contributed by atoms with van der Waals surface area (Å²) in [4.78, 5) is 12.3. The first-order chi connectivity index (χ1) is 9.22. The molecule has 0 aromatic carbocycles. The highest BCUT2D eigenvalue weighted by Crippen LogP contribution is 2.20. The minimum atomic E-state index is 0.471. The molecule has 3 aromatic rings. The number of rotatable bonds is 3. The third-order valence-corrected chi connectivity index (χ3v) is 2.66. The van der Waals surface area contributed by atoms with Gasteiger partial charge in [0.1, 0.15) is 12.4 Å². The zero-order valence-electron chi connectivity index (χ0n) is 10.3. The number of anilines is 1. The molecule has 0 spiro atoms. The Morgan fingerprint density at radius 3 is 3.05 bits per heavy atom. The molecule has 0 atom stereocenters. The Hall–Kier alpha value is -2.70. The lowest BCUT2D eigenvalue weighted by molar-refractivity contribution is 0.368. The number of nitrogens with zero attached hydrogens (tertiary/aromatic N) is 5. The van der Waals surface area contributed by atoms with E-state index in [1.54, 1.807) is 31.7 Å². The molecule has 2 N–H and O–H groups in total. The van der Waals surface area contributed by atoms with Gasteiger partial charge >= 0.3 is 0 Å². The van der Waals surface area contributed by atoms with Crippen LogP contribution in [0.1, 0.15) is 11.7 Å². The van der Waals surface area contributed by atoms with E-state index in [0.29, 0.717) is 24.1 Å². The minimum absolute atomic E-state index is 0.471. The van der Waals surface area contributed by atoms with E-state index in [-0.39, 0.29) is 0 Å². The Kier molecular flexibility index (Phi) is 2.71. The molecule has 3 aromatic heterocycles. The molecule has 0 aliphatic heterocycles. The summed E-state index contributed by atoms with van der Waals surface area (Å²) in [6, 6.07) is 3.68. The van der Waals surface area contributed by atoms with Gasteiger partial charge in [0.25, 0.3) is 0 Å². The van der Waals surface area contributed by atoms with Crippen LogP contribution in [0.5, 0.6) is 0 Å². The lowest BCUT2D eigenvalue weighted by Gasteiger charge is -2.05. The highest BCUT2D eigenvalue weighted by Gasteiger charge is 2.09. The van der Waals surface area contributed by atoms with Gasteiger partial charge in [-0.25, -0.2) is 9.97 Å². The standard InChI is InChI=1S/C12H12N6O/c1-8-16-12(19-17-8)6-18-7-14-5-10(18)9-2-3-15-11(13)4-9/h2-5,7H,6H2,1H3,(H2,13,15). The summed E-state index contributed by atoms with van der Waals surface area (Å²) in [7, 11) is 0. The second-order valence-electron chi connectivity index (χ2n) is 4.11. The third-order valence-electron chi connectivity index (χ3n) is 2.66. The number of nitrogen functional groups attached to an aromatic ring is 1. The quantitative estimate of drug-likeness (QED) is 0.758. The van der Waals surface area contributed by atoms with Gasteiger partial charge in [-0.05, 0) is 19.1 Å². The lowest BCUT2D eigenvalue weighted by atomic mass is 10.2. The summed E-state index contributed by atoms with van der Waals surface area (Å²) >= 11 is 0. The topological polar surface area (TPSA) is 95.7 Å². The van der Waals surface area contributed by atoms with Crippen LogP contribution < -0.4 is 5.73 Å². The van der Waals surface area contributed by atoms with Crippen LogP contribution in [0, 0.1) is 6.92 Å². The molecule has 0 amide bonds. The minimum Gasteiger partial charge on any atom is -0.384 e. The SMILES string of the molecule is Cc1noc(Cn2cncc2-c2ccnc(N)c2)n1. The molecule has 0 aliphatic rings. The van der Waals surface area contributed by atoms with Gasteiger partial charge in [0, 0.05) is 11.8 Å². The maximum absolute atomic E-state index is 5.69. The first-order valence-corrected chi connectivity index (χ1v) is 5.73. The zero-order valence-corrected chi connectivity index (χ0v) is 10.3. The summed E-state index contributed by atoms with van der Waals surface area (Å²) in [5.41, 5.74) is 7.56. The van der Waals surface area contributed by atoms with Crippen molar-refractivity contribution in [2.24, 2.45) is 0 Å². The number of imidazole rings is 1. The predicted octanol–water partition coefficient (Wildman–Crippen LogP) is 1.27. The average Bonchev–Trinajstić information content (AvgIpc) is 2.99. The van der Waals surface area contributed by atoms with Crippen molar-refractivity contribution >= 4 is 5.82 Å². The monoisotopic (exact) mass is 256 g/mol. The highest BCUT2D eigenvalue weighted by atomic mass is 16.5. The maximum Gasteiger partial charge on any atom is 0.246 e. The maximum atomic E-state index is 5.69. The van der Waals surface area contributed by atoms with Crippen LogP contribution in [-0.2, 0) is 6.54 Å². The van der Waals surface area contributed by atoms with E-state index in [1.807, 2.05) is 10.6 Å². The summed E-state index contributed by atoms with van der Waals surface area (Å²) in [5, 5.41) is 3.76. The molecule has 96 valence electrons.